The SMILES string of the molecule is CC(C)(CCC#N)CN(CC(O)C(Cc1ccccc1)NC(=O)OC(C)(C)C)C(=O)OCc1ccccc1. The van der Waals surface area contributed by atoms with Gasteiger partial charge in [-0.05, 0) is 50.2 Å². The fourth-order valence-electron chi connectivity index (χ4n) is 3.97. The zero-order valence-electron chi connectivity index (χ0n) is 23.1. The molecule has 0 aliphatic heterocycles. The van der Waals surface area contributed by atoms with E-state index in [-0.39, 0.29) is 19.7 Å². The normalized spacial score (nSPS) is 13.1. The molecule has 0 aliphatic rings. The Morgan fingerprint density at radius 1 is 1.00 bits per heavy atom. The molecule has 0 bridgehead atoms. The maximum absolute atomic E-state index is 13.2. The van der Waals surface area contributed by atoms with Crippen molar-refractivity contribution in [1.82, 2.24) is 10.2 Å². The molecular formula is C30H41N3O5. The number of nitrogens with zero attached hydrogens (tertiary/aromatic N) is 2. The summed E-state index contributed by atoms with van der Waals surface area (Å²) < 4.78 is 11.0. The van der Waals surface area contributed by atoms with Crippen molar-refractivity contribution in [2.75, 3.05) is 13.1 Å². The van der Waals surface area contributed by atoms with Crippen LogP contribution in [0.1, 0.15) is 58.6 Å². The number of amides is 2. The topological polar surface area (TPSA) is 112 Å². The Bertz CT molecular complexity index is 1050. The van der Waals surface area contributed by atoms with E-state index in [2.05, 4.69) is 11.4 Å². The van der Waals surface area contributed by atoms with Crippen LogP contribution < -0.4 is 5.32 Å². The van der Waals surface area contributed by atoms with Gasteiger partial charge in [0.25, 0.3) is 0 Å². The van der Waals surface area contributed by atoms with Crippen molar-refractivity contribution >= 4 is 12.2 Å². The molecule has 0 saturated heterocycles. The summed E-state index contributed by atoms with van der Waals surface area (Å²) in [6, 6.07) is 20.3. The minimum atomic E-state index is -1.11. The lowest BCUT2D eigenvalue weighted by molar-refractivity contribution is 0.0278. The number of nitriles is 1. The average Bonchev–Trinajstić information content (AvgIpc) is 2.85. The van der Waals surface area contributed by atoms with Crippen LogP contribution in [0.4, 0.5) is 9.59 Å². The third-order valence-corrected chi connectivity index (χ3v) is 5.87. The summed E-state index contributed by atoms with van der Waals surface area (Å²) in [7, 11) is 0. The van der Waals surface area contributed by atoms with Crippen molar-refractivity contribution in [2.45, 2.75) is 78.2 Å². The molecule has 38 heavy (non-hydrogen) atoms. The van der Waals surface area contributed by atoms with Crippen LogP contribution in [0, 0.1) is 16.7 Å². The number of ether oxygens (including phenoxy) is 2. The first-order valence-electron chi connectivity index (χ1n) is 12.9. The summed E-state index contributed by atoms with van der Waals surface area (Å²) in [6.07, 6.45) is -1.07. The van der Waals surface area contributed by atoms with E-state index in [1.807, 2.05) is 74.5 Å². The van der Waals surface area contributed by atoms with E-state index in [0.29, 0.717) is 19.3 Å². The number of rotatable bonds is 12. The Kier molecular flexibility index (Phi) is 11.6. The Hall–Kier alpha value is -3.57. The standard InChI is InChI=1S/C30H41N3O5/c1-29(2,3)38-27(35)32-25(19-23-13-8-6-9-14-23)26(34)20-33(22-30(4,5)17-12-18-31)28(36)37-21-24-15-10-7-11-16-24/h6-11,13-16,25-26,34H,12,17,19-22H2,1-5H3,(H,32,35). The first-order valence-corrected chi connectivity index (χ1v) is 12.9. The number of hydrogen-bond donors (Lipinski definition) is 2. The van der Waals surface area contributed by atoms with Gasteiger partial charge in [0.05, 0.1) is 24.8 Å². The molecular weight excluding hydrogens is 482 g/mol. The van der Waals surface area contributed by atoms with E-state index in [9.17, 15) is 14.7 Å². The minimum Gasteiger partial charge on any atom is -0.445 e. The van der Waals surface area contributed by atoms with Crippen molar-refractivity contribution < 1.29 is 24.2 Å². The van der Waals surface area contributed by atoms with Gasteiger partial charge in [-0.15, -0.1) is 0 Å². The van der Waals surface area contributed by atoms with Crippen molar-refractivity contribution in [1.29, 1.82) is 5.26 Å². The lowest BCUT2D eigenvalue weighted by atomic mass is 9.87. The van der Waals surface area contributed by atoms with Gasteiger partial charge >= 0.3 is 12.2 Å². The summed E-state index contributed by atoms with van der Waals surface area (Å²) in [5, 5.41) is 23.2. The Labute approximate surface area is 226 Å². The van der Waals surface area contributed by atoms with Crippen LogP contribution >= 0.6 is 0 Å². The van der Waals surface area contributed by atoms with Gasteiger partial charge in [0.15, 0.2) is 0 Å². The van der Waals surface area contributed by atoms with E-state index in [4.69, 9.17) is 14.7 Å². The van der Waals surface area contributed by atoms with Crippen LogP contribution in [0.3, 0.4) is 0 Å². The zero-order valence-corrected chi connectivity index (χ0v) is 23.1. The van der Waals surface area contributed by atoms with Gasteiger partial charge in [0, 0.05) is 13.0 Å². The van der Waals surface area contributed by atoms with E-state index in [1.54, 1.807) is 20.8 Å². The van der Waals surface area contributed by atoms with E-state index >= 15 is 0 Å². The Morgan fingerprint density at radius 2 is 1.58 bits per heavy atom. The van der Waals surface area contributed by atoms with Crippen LogP contribution in [-0.2, 0) is 22.5 Å². The predicted molar refractivity (Wildman–Crippen MR) is 146 cm³/mol. The summed E-state index contributed by atoms with van der Waals surface area (Å²) in [6.45, 7) is 9.52. The molecule has 8 heteroatoms. The molecule has 0 fully saturated rings. The number of hydrogen-bond acceptors (Lipinski definition) is 6. The summed E-state index contributed by atoms with van der Waals surface area (Å²) in [4.78, 5) is 27.3. The lowest BCUT2D eigenvalue weighted by Gasteiger charge is -2.35. The van der Waals surface area contributed by atoms with Gasteiger partial charge in [-0.3, -0.25) is 0 Å². The number of carbonyl (C=O) groups excluding carboxylic acids is 2. The number of alkyl carbamates (subject to hydrolysis) is 1. The number of carbonyl (C=O) groups is 2. The molecule has 2 aromatic carbocycles. The molecule has 0 spiro atoms. The molecule has 0 aliphatic carbocycles. The first-order chi connectivity index (χ1) is 17.9. The minimum absolute atomic E-state index is 0.0725. The third-order valence-electron chi connectivity index (χ3n) is 5.87. The maximum Gasteiger partial charge on any atom is 0.410 e. The second kappa shape index (κ2) is 14.4. The highest BCUT2D eigenvalue weighted by Crippen LogP contribution is 2.25. The molecule has 0 heterocycles. The molecule has 0 radical (unpaired) electrons. The second-order valence-electron chi connectivity index (χ2n) is 11.3. The Balaban J connectivity index is 2.22. The van der Waals surface area contributed by atoms with Gasteiger partial charge in [0.2, 0.25) is 0 Å². The molecule has 2 rings (SSSR count). The molecule has 8 nitrogen and oxygen atoms in total. The summed E-state index contributed by atoms with van der Waals surface area (Å²) >= 11 is 0. The molecule has 2 aromatic rings. The van der Waals surface area contributed by atoms with E-state index < -0.39 is 35.3 Å². The molecule has 2 unspecified atom stereocenters. The van der Waals surface area contributed by atoms with Crippen LogP contribution in [0.25, 0.3) is 0 Å². The zero-order chi connectivity index (χ0) is 28.2. The number of aliphatic hydroxyl groups is 1. The number of nitrogens with one attached hydrogen (secondary N) is 1. The highest BCUT2D eigenvalue weighted by atomic mass is 16.6. The molecule has 2 atom stereocenters. The molecule has 2 amide bonds. The van der Waals surface area contributed by atoms with Crippen molar-refractivity contribution in [3.05, 3.63) is 71.8 Å². The molecule has 0 aromatic heterocycles. The smallest absolute Gasteiger partial charge is 0.410 e. The quantitative estimate of drug-likeness (QED) is 0.382. The molecule has 2 N–H and O–H groups in total. The van der Waals surface area contributed by atoms with Crippen LogP contribution in [0.2, 0.25) is 0 Å². The highest BCUT2D eigenvalue weighted by molar-refractivity contribution is 5.69. The van der Waals surface area contributed by atoms with Crippen molar-refractivity contribution in [3.8, 4) is 6.07 Å². The maximum atomic E-state index is 13.2. The summed E-state index contributed by atoms with van der Waals surface area (Å²) in [5.41, 5.74) is 0.665. The number of aliphatic hydroxyl groups excluding tert-OH is 1. The number of benzene rings is 2. The van der Waals surface area contributed by atoms with Gasteiger partial charge in [-0.2, -0.15) is 5.26 Å². The van der Waals surface area contributed by atoms with Crippen molar-refractivity contribution in [2.24, 2.45) is 5.41 Å². The van der Waals surface area contributed by atoms with Gasteiger partial charge in [0.1, 0.15) is 12.2 Å². The first kappa shape index (κ1) is 30.7. The van der Waals surface area contributed by atoms with Gasteiger partial charge < -0.3 is 24.8 Å². The monoisotopic (exact) mass is 523 g/mol. The largest absolute Gasteiger partial charge is 0.445 e. The van der Waals surface area contributed by atoms with Crippen molar-refractivity contribution in [3.63, 3.8) is 0 Å². The fourth-order valence-corrected chi connectivity index (χ4v) is 3.97. The second-order valence-corrected chi connectivity index (χ2v) is 11.3. The van der Waals surface area contributed by atoms with E-state index in [0.717, 1.165) is 11.1 Å². The molecule has 0 saturated carbocycles. The van der Waals surface area contributed by atoms with Crippen LogP contribution in [0.5, 0.6) is 0 Å². The average molecular weight is 524 g/mol. The fraction of sp³-hybridized carbons (Fsp3) is 0.500. The third kappa shape index (κ3) is 11.7. The van der Waals surface area contributed by atoms with Gasteiger partial charge in [-0.1, -0.05) is 74.5 Å². The predicted octanol–water partition coefficient (Wildman–Crippen LogP) is 5.45. The summed E-state index contributed by atoms with van der Waals surface area (Å²) in [5.74, 6) is 0. The Morgan fingerprint density at radius 3 is 2.13 bits per heavy atom. The van der Waals surface area contributed by atoms with Crippen LogP contribution in [-0.4, -0.2) is 53.0 Å². The van der Waals surface area contributed by atoms with E-state index in [1.165, 1.54) is 4.90 Å². The van der Waals surface area contributed by atoms with Crippen LogP contribution in [0.15, 0.2) is 60.7 Å². The lowest BCUT2D eigenvalue weighted by Crippen LogP contribution is -2.52. The van der Waals surface area contributed by atoms with Gasteiger partial charge in [-0.25, -0.2) is 9.59 Å². The highest BCUT2D eigenvalue weighted by Gasteiger charge is 2.31. The molecule has 206 valence electrons.